The highest BCUT2D eigenvalue weighted by Crippen LogP contribution is 2.57. The van der Waals surface area contributed by atoms with Crippen molar-refractivity contribution in [1.82, 2.24) is 0 Å². The fourth-order valence-electron chi connectivity index (χ4n) is 5.98. The van der Waals surface area contributed by atoms with Gasteiger partial charge in [-0.25, -0.2) is 0 Å². The van der Waals surface area contributed by atoms with Crippen LogP contribution in [0.3, 0.4) is 0 Å². The van der Waals surface area contributed by atoms with Gasteiger partial charge in [-0.15, -0.1) is 0 Å². The number of hydrogen-bond acceptors (Lipinski definition) is 2. The summed E-state index contributed by atoms with van der Waals surface area (Å²) in [5.41, 5.74) is 0. The normalized spacial score (nSPS) is 55.0. The lowest BCUT2D eigenvalue weighted by molar-refractivity contribution is -0.159. The molecule has 0 N–H and O–H groups in total. The van der Waals surface area contributed by atoms with Gasteiger partial charge in [-0.3, -0.25) is 9.59 Å². The Balaban J connectivity index is 1.63. The van der Waals surface area contributed by atoms with Crippen LogP contribution in [0.5, 0.6) is 0 Å². The smallest absolute Gasteiger partial charge is 0.141 e. The Labute approximate surface area is 119 Å². The molecule has 0 spiro atoms. The third-order valence-electron chi connectivity index (χ3n) is 6.81. The van der Waals surface area contributed by atoms with Crippen LogP contribution >= 0.6 is 0 Å². The topological polar surface area (TPSA) is 34.1 Å². The maximum atomic E-state index is 13.1. The molecule has 0 aliphatic heterocycles. The molecule has 7 aliphatic carbocycles. The largest absolute Gasteiger partial charge is 0.299 e. The highest BCUT2D eigenvalue weighted by atomic mass is 16.1. The van der Waals surface area contributed by atoms with E-state index < -0.39 is 0 Å². The molecule has 2 nitrogen and oxygen atoms in total. The van der Waals surface area contributed by atoms with Crippen LogP contribution in [0.4, 0.5) is 0 Å². The monoisotopic (exact) mass is 268 g/mol. The summed E-state index contributed by atoms with van der Waals surface area (Å²) in [6, 6.07) is 0. The van der Waals surface area contributed by atoms with Gasteiger partial charge in [-0.1, -0.05) is 24.3 Å². The molecule has 20 heavy (non-hydrogen) atoms. The van der Waals surface area contributed by atoms with E-state index >= 15 is 0 Å². The van der Waals surface area contributed by atoms with Gasteiger partial charge < -0.3 is 0 Å². The Kier molecular flexibility index (Phi) is 2.13. The molecule has 7 rings (SSSR count). The van der Waals surface area contributed by atoms with Crippen LogP contribution in [-0.4, -0.2) is 11.6 Å². The maximum absolute atomic E-state index is 13.1. The first-order chi connectivity index (χ1) is 9.75. The van der Waals surface area contributed by atoms with Gasteiger partial charge in [0.15, 0.2) is 0 Å². The van der Waals surface area contributed by atoms with Gasteiger partial charge in [0.05, 0.1) is 0 Å². The molecule has 3 saturated carbocycles. The van der Waals surface area contributed by atoms with Crippen LogP contribution in [0.2, 0.25) is 0 Å². The molecule has 8 atom stereocenters. The Hall–Kier alpha value is -1.18. The molecule has 0 heterocycles. The average Bonchev–Trinajstić information content (AvgIpc) is 2.53. The van der Waals surface area contributed by atoms with Crippen molar-refractivity contribution in [3.05, 3.63) is 24.3 Å². The predicted molar refractivity (Wildman–Crippen MR) is 74.7 cm³/mol. The maximum Gasteiger partial charge on any atom is 0.141 e. The molecule has 2 heteroatoms. The van der Waals surface area contributed by atoms with Crippen LogP contribution in [0.25, 0.3) is 0 Å². The van der Waals surface area contributed by atoms with Gasteiger partial charge in [0, 0.05) is 23.7 Å². The van der Waals surface area contributed by atoms with Gasteiger partial charge in [0.2, 0.25) is 0 Å². The van der Waals surface area contributed by atoms with E-state index in [0.717, 1.165) is 25.7 Å². The van der Waals surface area contributed by atoms with E-state index in [4.69, 9.17) is 0 Å². The standard InChI is InChI=1S/C18H20O2/c19-17-13-9-1-2-10(4-3-9)14(13)18(20)16-12-7-5-11(6-8-12)15(16)17/h1-2,5,7,9-16H,3-4,6,8H2/t9-,10+,11+,12-,13?,14?,15?,16?. The van der Waals surface area contributed by atoms with E-state index in [2.05, 4.69) is 24.3 Å². The molecular formula is C18H20O2. The summed E-state index contributed by atoms with van der Waals surface area (Å²) >= 11 is 0. The second-order valence-corrected chi connectivity index (χ2v) is 7.49. The zero-order chi connectivity index (χ0) is 13.4. The number of fused-ring (bicyclic) bond motifs is 2. The van der Waals surface area contributed by atoms with Crippen LogP contribution < -0.4 is 0 Å². The predicted octanol–water partition coefficient (Wildman–Crippen LogP) is 2.80. The molecule has 3 fully saturated rings. The van der Waals surface area contributed by atoms with Crippen LogP contribution in [-0.2, 0) is 9.59 Å². The molecule has 0 amide bonds. The molecule has 7 aliphatic rings. The van der Waals surface area contributed by atoms with Crippen LogP contribution in [0, 0.1) is 47.3 Å². The van der Waals surface area contributed by atoms with Gasteiger partial charge in [0.1, 0.15) is 11.6 Å². The van der Waals surface area contributed by atoms with Crippen molar-refractivity contribution in [1.29, 1.82) is 0 Å². The van der Waals surface area contributed by atoms with Crippen molar-refractivity contribution in [2.75, 3.05) is 0 Å². The number of allylic oxidation sites excluding steroid dienone is 4. The minimum absolute atomic E-state index is 0.0280. The van der Waals surface area contributed by atoms with Gasteiger partial charge in [-0.2, -0.15) is 0 Å². The van der Waals surface area contributed by atoms with E-state index in [1.54, 1.807) is 0 Å². The van der Waals surface area contributed by atoms with E-state index in [1.807, 2.05) is 0 Å². The third-order valence-corrected chi connectivity index (χ3v) is 6.81. The van der Waals surface area contributed by atoms with Crippen LogP contribution in [0.15, 0.2) is 24.3 Å². The lowest BCUT2D eigenvalue weighted by Gasteiger charge is -2.55. The second kappa shape index (κ2) is 3.72. The van der Waals surface area contributed by atoms with Crippen molar-refractivity contribution in [2.45, 2.75) is 25.7 Å². The first-order valence-corrected chi connectivity index (χ1v) is 8.20. The van der Waals surface area contributed by atoms with Crippen molar-refractivity contribution in [2.24, 2.45) is 47.3 Å². The van der Waals surface area contributed by atoms with Gasteiger partial charge in [-0.05, 0) is 49.4 Å². The quantitative estimate of drug-likeness (QED) is 0.633. The zero-order valence-electron chi connectivity index (χ0n) is 11.6. The van der Waals surface area contributed by atoms with Crippen LogP contribution in [0.1, 0.15) is 25.7 Å². The number of ketones is 2. The fraction of sp³-hybridized carbons (Fsp3) is 0.667. The summed E-state index contributed by atoms with van der Waals surface area (Å²) in [6.07, 6.45) is 13.4. The molecule has 0 aromatic carbocycles. The molecular weight excluding hydrogens is 248 g/mol. The zero-order valence-corrected chi connectivity index (χ0v) is 11.6. The van der Waals surface area contributed by atoms with E-state index in [0.29, 0.717) is 35.2 Å². The van der Waals surface area contributed by atoms with E-state index in [-0.39, 0.29) is 23.7 Å². The molecule has 0 radical (unpaired) electrons. The highest BCUT2D eigenvalue weighted by Gasteiger charge is 2.60. The summed E-state index contributed by atoms with van der Waals surface area (Å²) in [5.74, 6) is 2.41. The molecule has 0 aromatic heterocycles. The number of carbonyl (C=O) groups excluding carboxylic acids is 2. The molecule has 0 aromatic rings. The number of rotatable bonds is 0. The van der Waals surface area contributed by atoms with E-state index in [9.17, 15) is 9.59 Å². The Morgan fingerprint density at radius 3 is 1.00 bits per heavy atom. The number of carbonyl (C=O) groups is 2. The Morgan fingerprint density at radius 2 is 0.800 bits per heavy atom. The first kappa shape index (κ1) is 11.5. The van der Waals surface area contributed by atoms with Crippen molar-refractivity contribution in [3.8, 4) is 0 Å². The van der Waals surface area contributed by atoms with Gasteiger partial charge >= 0.3 is 0 Å². The SMILES string of the molecule is O=C1C2C(C(=O)C3C1[C@H]1C=C[C@@H]3CC1)[C@H]1C=C[C@@H]2CC1. The van der Waals surface area contributed by atoms with Crippen molar-refractivity contribution < 1.29 is 9.59 Å². The van der Waals surface area contributed by atoms with Crippen molar-refractivity contribution >= 4 is 11.6 Å². The molecule has 4 unspecified atom stereocenters. The molecule has 0 saturated heterocycles. The Morgan fingerprint density at radius 1 is 0.550 bits per heavy atom. The minimum Gasteiger partial charge on any atom is -0.299 e. The molecule has 4 bridgehead atoms. The summed E-state index contributed by atoms with van der Waals surface area (Å²) in [4.78, 5) is 26.2. The minimum atomic E-state index is 0.0280. The van der Waals surface area contributed by atoms with Crippen molar-refractivity contribution in [3.63, 3.8) is 0 Å². The summed E-state index contributed by atoms with van der Waals surface area (Å²) in [6.45, 7) is 0. The highest BCUT2D eigenvalue weighted by molar-refractivity contribution is 6.01. The lowest BCUT2D eigenvalue weighted by atomic mass is 9.47. The summed E-state index contributed by atoms with van der Waals surface area (Å²) < 4.78 is 0. The van der Waals surface area contributed by atoms with Gasteiger partial charge in [0.25, 0.3) is 0 Å². The fourth-order valence-corrected chi connectivity index (χ4v) is 5.98. The third kappa shape index (κ3) is 1.22. The second-order valence-electron chi connectivity index (χ2n) is 7.49. The molecule has 104 valence electrons. The first-order valence-electron chi connectivity index (χ1n) is 8.20. The average molecular weight is 268 g/mol. The lowest BCUT2D eigenvalue weighted by Crippen LogP contribution is -2.60. The summed E-state index contributed by atoms with van der Waals surface area (Å²) in [7, 11) is 0. The number of Topliss-reactive ketones (excluding diaryl/α,β-unsaturated/α-hetero) is 2. The van der Waals surface area contributed by atoms with E-state index in [1.165, 1.54) is 0 Å². The number of hydrogen-bond donors (Lipinski definition) is 0. The Bertz CT molecular complexity index is 464. The summed E-state index contributed by atoms with van der Waals surface area (Å²) in [5, 5.41) is 0.